The maximum atomic E-state index is 6.27. The number of hydrogen-bond donors (Lipinski definition) is 0. The maximum Gasteiger partial charge on any atom is 0.0912 e. The highest BCUT2D eigenvalue weighted by Gasteiger charge is 2.47. The van der Waals surface area contributed by atoms with Gasteiger partial charge in [-0.05, 0) is 33.4 Å². The summed E-state index contributed by atoms with van der Waals surface area (Å²) in [7, 11) is 2.23. The lowest BCUT2D eigenvalue weighted by atomic mass is 9.88. The second-order valence-electron chi connectivity index (χ2n) is 5.84. The van der Waals surface area contributed by atoms with Crippen molar-refractivity contribution < 1.29 is 4.74 Å². The molecule has 0 radical (unpaired) electrons. The first-order valence-electron chi connectivity index (χ1n) is 6.27. The number of morpholine rings is 2. The van der Waals surface area contributed by atoms with Crippen LogP contribution in [0.1, 0.15) is 26.2 Å². The van der Waals surface area contributed by atoms with Crippen LogP contribution >= 0.6 is 0 Å². The number of piperidine rings is 1. The fourth-order valence-electron chi connectivity index (χ4n) is 3.73. The van der Waals surface area contributed by atoms with Gasteiger partial charge >= 0.3 is 0 Å². The monoisotopic (exact) mass is 210 g/mol. The highest BCUT2D eigenvalue weighted by molar-refractivity contribution is 5.00. The lowest BCUT2D eigenvalue weighted by Crippen LogP contribution is -2.69. The van der Waals surface area contributed by atoms with Crippen LogP contribution < -0.4 is 0 Å². The van der Waals surface area contributed by atoms with Crippen LogP contribution in [0.5, 0.6) is 0 Å². The first kappa shape index (κ1) is 10.1. The van der Waals surface area contributed by atoms with Crippen LogP contribution in [0.4, 0.5) is 0 Å². The van der Waals surface area contributed by atoms with Gasteiger partial charge < -0.3 is 9.64 Å². The van der Waals surface area contributed by atoms with E-state index < -0.39 is 0 Å². The topological polar surface area (TPSA) is 15.7 Å². The molecule has 2 bridgehead atoms. The van der Waals surface area contributed by atoms with Crippen LogP contribution in [0.15, 0.2) is 0 Å². The Morgan fingerprint density at radius 1 is 1.27 bits per heavy atom. The molecule has 3 heterocycles. The smallest absolute Gasteiger partial charge is 0.0912 e. The van der Waals surface area contributed by atoms with Crippen molar-refractivity contribution in [1.29, 1.82) is 0 Å². The number of rotatable bonds is 0. The molecule has 1 unspecified atom stereocenters. The van der Waals surface area contributed by atoms with Gasteiger partial charge in [-0.25, -0.2) is 0 Å². The molecule has 3 fully saturated rings. The number of hydrogen-bond acceptors (Lipinski definition) is 3. The van der Waals surface area contributed by atoms with E-state index in [1.165, 1.54) is 25.8 Å². The van der Waals surface area contributed by atoms with E-state index >= 15 is 0 Å². The molecule has 3 atom stereocenters. The molecule has 0 saturated carbocycles. The Balaban J connectivity index is 1.82. The molecule has 3 aliphatic rings. The molecule has 0 aromatic heterocycles. The third-order valence-electron chi connectivity index (χ3n) is 4.16. The summed E-state index contributed by atoms with van der Waals surface area (Å²) in [6.07, 6.45) is 4.58. The van der Waals surface area contributed by atoms with E-state index in [0.29, 0.717) is 12.1 Å². The Labute approximate surface area is 92.4 Å². The molecule has 0 amide bonds. The molecule has 0 aromatic rings. The summed E-state index contributed by atoms with van der Waals surface area (Å²) < 4.78 is 6.27. The van der Waals surface area contributed by atoms with Crippen molar-refractivity contribution in [3.8, 4) is 0 Å². The van der Waals surface area contributed by atoms with Crippen molar-refractivity contribution in [1.82, 2.24) is 9.80 Å². The number of fused-ring (bicyclic) bond motifs is 4. The average Bonchev–Trinajstić information content (AvgIpc) is 2.15. The minimum absolute atomic E-state index is 0.0888. The van der Waals surface area contributed by atoms with Gasteiger partial charge in [-0.2, -0.15) is 0 Å². The zero-order valence-electron chi connectivity index (χ0n) is 9.91. The second-order valence-corrected chi connectivity index (χ2v) is 5.84. The van der Waals surface area contributed by atoms with E-state index in [4.69, 9.17) is 4.74 Å². The first-order valence-corrected chi connectivity index (χ1v) is 6.27. The van der Waals surface area contributed by atoms with Gasteiger partial charge in [-0.3, -0.25) is 4.90 Å². The van der Waals surface area contributed by atoms with Crippen molar-refractivity contribution in [2.75, 3.05) is 33.2 Å². The summed E-state index contributed by atoms with van der Waals surface area (Å²) in [6.45, 7) is 6.92. The molecule has 0 spiro atoms. The number of likely N-dealkylation sites (N-methyl/N-ethyl adjacent to an activating group) is 1. The zero-order valence-corrected chi connectivity index (χ0v) is 9.91. The molecule has 15 heavy (non-hydrogen) atoms. The van der Waals surface area contributed by atoms with Gasteiger partial charge in [-0.1, -0.05) is 6.42 Å². The molecule has 3 nitrogen and oxygen atoms in total. The van der Waals surface area contributed by atoms with E-state index in [9.17, 15) is 0 Å². The second kappa shape index (κ2) is 3.44. The predicted octanol–water partition coefficient (Wildman–Crippen LogP) is 0.944. The van der Waals surface area contributed by atoms with Crippen molar-refractivity contribution >= 4 is 0 Å². The molecule has 86 valence electrons. The average molecular weight is 210 g/mol. The van der Waals surface area contributed by atoms with Gasteiger partial charge in [0, 0.05) is 25.7 Å². The SMILES string of the molecule is CN1C[C@@H]2OC(C)(C1)CN1CCCC[C@@H]21. The third-order valence-corrected chi connectivity index (χ3v) is 4.16. The van der Waals surface area contributed by atoms with E-state index in [1.54, 1.807) is 0 Å². The third kappa shape index (κ3) is 1.71. The Morgan fingerprint density at radius 3 is 3.00 bits per heavy atom. The van der Waals surface area contributed by atoms with Crippen molar-refractivity contribution in [3.05, 3.63) is 0 Å². The van der Waals surface area contributed by atoms with E-state index in [2.05, 4.69) is 23.8 Å². The summed E-state index contributed by atoms with van der Waals surface area (Å²) in [5.41, 5.74) is 0.0888. The predicted molar refractivity (Wildman–Crippen MR) is 60.0 cm³/mol. The Kier molecular flexibility index (Phi) is 2.31. The lowest BCUT2D eigenvalue weighted by Gasteiger charge is -2.56. The molecule has 3 saturated heterocycles. The van der Waals surface area contributed by atoms with Gasteiger partial charge in [0.1, 0.15) is 0 Å². The van der Waals surface area contributed by atoms with Crippen LogP contribution in [-0.2, 0) is 4.74 Å². The quantitative estimate of drug-likeness (QED) is 0.592. The molecule has 3 heteroatoms. The summed E-state index contributed by atoms with van der Waals surface area (Å²) >= 11 is 0. The van der Waals surface area contributed by atoms with Crippen LogP contribution in [-0.4, -0.2) is 60.8 Å². The van der Waals surface area contributed by atoms with Crippen LogP contribution in [0.3, 0.4) is 0 Å². The first-order chi connectivity index (χ1) is 7.16. The van der Waals surface area contributed by atoms with Gasteiger partial charge in [0.05, 0.1) is 11.7 Å². The lowest BCUT2D eigenvalue weighted by molar-refractivity contribution is -0.218. The van der Waals surface area contributed by atoms with E-state index in [0.717, 1.165) is 19.6 Å². The van der Waals surface area contributed by atoms with Crippen LogP contribution in [0.25, 0.3) is 0 Å². The van der Waals surface area contributed by atoms with Gasteiger partial charge in [0.25, 0.3) is 0 Å². The standard InChI is InChI=1S/C12H22N2O/c1-12-8-13(2)7-11(15-12)10-5-3-4-6-14(10)9-12/h10-11H,3-9H2,1-2H3/t10-,11-,12?/m0/s1. The van der Waals surface area contributed by atoms with Gasteiger partial charge in [0.2, 0.25) is 0 Å². The van der Waals surface area contributed by atoms with Crippen LogP contribution in [0.2, 0.25) is 0 Å². The molecule has 3 rings (SSSR count). The molecule has 0 aromatic carbocycles. The van der Waals surface area contributed by atoms with Crippen molar-refractivity contribution in [3.63, 3.8) is 0 Å². The van der Waals surface area contributed by atoms with Gasteiger partial charge in [0.15, 0.2) is 0 Å². The Morgan fingerprint density at radius 2 is 2.13 bits per heavy atom. The minimum Gasteiger partial charge on any atom is -0.366 e. The summed E-state index contributed by atoms with van der Waals surface area (Å²) in [5.74, 6) is 0. The number of nitrogens with zero attached hydrogens (tertiary/aromatic N) is 2. The fraction of sp³-hybridized carbons (Fsp3) is 1.00. The van der Waals surface area contributed by atoms with Crippen molar-refractivity contribution in [2.45, 2.75) is 43.9 Å². The Bertz CT molecular complexity index is 258. The molecule has 3 aliphatic heterocycles. The minimum atomic E-state index is 0.0888. The van der Waals surface area contributed by atoms with Crippen molar-refractivity contribution in [2.24, 2.45) is 0 Å². The molecule has 0 aliphatic carbocycles. The summed E-state index contributed by atoms with van der Waals surface area (Å²) in [4.78, 5) is 5.13. The molecular formula is C12H22N2O. The normalized spacial score (nSPS) is 47.6. The molecule has 0 N–H and O–H groups in total. The van der Waals surface area contributed by atoms with Crippen LogP contribution in [0, 0.1) is 0 Å². The number of ether oxygens (including phenoxy) is 1. The van der Waals surface area contributed by atoms with Gasteiger partial charge in [-0.15, -0.1) is 0 Å². The molecular weight excluding hydrogens is 188 g/mol. The van der Waals surface area contributed by atoms with E-state index in [1.807, 2.05) is 0 Å². The zero-order chi connectivity index (χ0) is 10.5. The largest absolute Gasteiger partial charge is 0.366 e. The maximum absolute atomic E-state index is 6.27. The highest BCUT2D eigenvalue weighted by Crippen LogP contribution is 2.35. The van der Waals surface area contributed by atoms with E-state index in [-0.39, 0.29) is 5.60 Å². The summed E-state index contributed by atoms with van der Waals surface area (Å²) in [6, 6.07) is 0.703. The fourth-order valence-corrected chi connectivity index (χ4v) is 3.73. The summed E-state index contributed by atoms with van der Waals surface area (Å²) in [5, 5.41) is 0. The highest BCUT2D eigenvalue weighted by atomic mass is 16.5. The Hall–Kier alpha value is -0.120.